The second-order valence-corrected chi connectivity index (χ2v) is 5.92. The molecule has 1 heterocycles. The molecule has 21 heavy (non-hydrogen) atoms. The zero-order chi connectivity index (χ0) is 15.5. The minimum absolute atomic E-state index is 0.240. The van der Waals surface area contributed by atoms with Gasteiger partial charge < -0.3 is 14.6 Å². The lowest BCUT2D eigenvalue weighted by Crippen LogP contribution is -2.48. The van der Waals surface area contributed by atoms with Crippen molar-refractivity contribution in [3.63, 3.8) is 0 Å². The Balaban J connectivity index is 2.30. The molecule has 0 aliphatic carbocycles. The smallest absolute Gasteiger partial charge is 0.161 e. The van der Waals surface area contributed by atoms with Crippen molar-refractivity contribution in [2.45, 2.75) is 44.8 Å². The van der Waals surface area contributed by atoms with Crippen LogP contribution in [0.5, 0.6) is 11.5 Å². The van der Waals surface area contributed by atoms with E-state index in [9.17, 15) is 5.11 Å². The summed E-state index contributed by atoms with van der Waals surface area (Å²) in [5.41, 5.74) is 0.639. The first-order valence-electron chi connectivity index (χ1n) is 7.72. The molecular formula is C17H27NO3. The highest BCUT2D eigenvalue weighted by Gasteiger charge is 2.39. The van der Waals surface area contributed by atoms with Crippen LogP contribution in [0.2, 0.25) is 0 Å². The van der Waals surface area contributed by atoms with Crippen LogP contribution in [-0.2, 0) is 0 Å². The van der Waals surface area contributed by atoms with Gasteiger partial charge in [-0.2, -0.15) is 0 Å². The first kappa shape index (κ1) is 16.1. The highest BCUT2D eigenvalue weighted by molar-refractivity contribution is 5.44. The van der Waals surface area contributed by atoms with E-state index in [4.69, 9.17) is 9.47 Å². The minimum atomic E-state index is -0.541. The molecule has 2 unspecified atom stereocenters. The van der Waals surface area contributed by atoms with Gasteiger partial charge in [-0.05, 0) is 57.0 Å². The van der Waals surface area contributed by atoms with Crippen LogP contribution >= 0.6 is 0 Å². The Kier molecular flexibility index (Phi) is 5.12. The van der Waals surface area contributed by atoms with Crippen molar-refractivity contribution in [1.29, 1.82) is 0 Å². The summed E-state index contributed by atoms with van der Waals surface area (Å²) in [5.74, 6) is 1.35. The van der Waals surface area contributed by atoms with Gasteiger partial charge in [0.15, 0.2) is 11.5 Å². The van der Waals surface area contributed by atoms with Gasteiger partial charge in [-0.25, -0.2) is 0 Å². The summed E-state index contributed by atoms with van der Waals surface area (Å²) < 4.78 is 10.6. The summed E-state index contributed by atoms with van der Waals surface area (Å²) in [6, 6.07) is 5.67. The van der Waals surface area contributed by atoms with Crippen LogP contribution in [0.4, 0.5) is 0 Å². The fourth-order valence-corrected chi connectivity index (χ4v) is 3.20. The minimum Gasteiger partial charge on any atom is -0.493 e. The lowest BCUT2D eigenvalue weighted by atomic mass is 9.85. The lowest BCUT2D eigenvalue weighted by molar-refractivity contribution is -0.0141. The second-order valence-electron chi connectivity index (χ2n) is 5.92. The van der Waals surface area contributed by atoms with Gasteiger partial charge in [0.25, 0.3) is 0 Å². The maximum atomic E-state index is 10.9. The SMILES string of the molecule is CCC(C)(C(O)c1ccc(OC)c(OC)c1)N1CCCC1. The Hall–Kier alpha value is -1.26. The van der Waals surface area contributed by atoms with E-state index in [0.717, 1.165) is 25.1 Å². The van der Waals surface area contributed by atoms with Crippen LogP contribution in [0.3, 0.4) is 0 Å². The molecule has 1 aliphatic heterocycles. The zero-order valence-corrected chi connectivity index (χ0v) is 13.6. The normalized spacial score (nSPS) is 20.0. The molecule has 1 aromatic rings. The number of hydrogen-bond donors (Lipinski definition) is 1. The molecule has 1 N–H and O–H groups in total. The molecule has 2 atom stereocenters. The molecule has 0 saturated carbocycles. The van der Waals surface area contributed by atoms with E-state index >= 15 is 0 Å². The number of likely N-dealkylation sites (tertiary alicyclic amines) is 1. The topological polar surface area (TPSA) is 41.9 Å². The molecule has 0 bridgehead atoms. The molecule has 1 saturated heterocycles. The van der Waals surface area contributed by atoms with Crippen LogP contribution in [0.15, 0.2) is 18.2 Å². The van der Waals surface area contributed by atoms with E-state index in [-0.39, 0.29) is 5.54 Å². The molecular weight excluding hydrogens is 266 g/mol. The van der Waals surface area contributed by atoms with Crippen LogP contribution in [-0.4, -0.2) is 42.9 Å². The standard InChI is InChI=1S/C17H27NO3/c1-5-17(2,18-10-6-7-11-18)16(19)13-8-9-14(20-3)15(12-13)21-4/h8-9,12,16,19H,5-7,10-11H2,1-4H3. The molecule has 1 aliphatic rings. The van der Waals surface area contributed by atoms with Crippen LogP contribution in [0, 0.1) is 0 Å². The molecule has 118 valence electrons. The summed E-state index contributed by atoms with van der Waals surface area (Å²) in [6.45, 7) is 6.42. The Morgan fingerprint density at radius 2 is 1.81 bits per heavy atom. The summed E-state index contributed by atoms with van der Waals surface area (Å²) >= 11 is 0. The summed E-state index contributed by atoms with van der Waals surface area (Å²) in [6.07, 6.45) is 2.80. The van der Waals surface area contributed by atoms with Gasteiger partial charge >= 0.3 is 0 Å². The van der Waals surface area contributed by atoms with E-state index in [1.807, 2.05) is 18.2 Å². The third-order valence-corrected chi connectivity index (χ3v) is 4.86. The van der Waals surface area contributed by atoms with E-state index in [0.29, 0.717) is 11.5 Å². The number of methoxy groups -OCH3 is 2. The Bertz CT molecular complexity index is 471. The monoisotopic (exact) mass is 293 g/mol. The van der Waals surface area contributed by atoms with E-state index in [1.54, 1.807) is 14.2 Å². The van der Waals surface area contributed by atoms with Crippen molar-refractivity contribution in [3.8, 4) is 11.5 Å². The molecule has 0 radical (unpaired) electrons. The molecule has 0 aromatic heterocycles. The van der Waals surface area contributed by atoms with Gasteiger partial charge in [0.2, 0.25) is 0 Å². The molecule has 4 nitrogen and oxygen atoms in total. The Morgan fingerprint density at radius 1 is 1.19 bits per heavy atom. The number of aliphatic hydroxyl groups is 1. The molecule has 1 fully saturated rings. The third-order valence-electron chi connectivity index (χ3n) is 4.86. The summed E-state index contributed by atoms with van der Waals surface area (Å²) in [7, 11) is 3.24. The van der Waals surface area contributed by atoms with Gasteiger partial charge in [0, 0.05) is 5.54 Å². The number of benzene rings is 1. The highest BCUT2D eigenvalue weighted by Crippen LogP contribution is 2.39. The van der Waals surface area contributed by atoms with Gasteiger partial charge in [-0.1, -0.05) is 13.0 Å². The number of aliphatic hydroxyl groups excluding tert-OH is 1. The van der Waals surface area contributed by atoms with Gasteiger partial charge in [0.1, 0.15) is 0 Å². The van der Waals surface area contributed by atoms with Crippen molar-refractivity contribution >= 4 is 0 Å². The largest absolute Gasteiger partial charge is 0.493 e. The summed E-state index contributed by atoms with van der Waals surface area (Å²) in [5, 5.41) is 10.9. The van der Waals surface area contributed by atoms with Gasteiger partial charge in [0.05, 0.1) is 20.3 Å². The highest BCUT2D eigenvalue weighted by atomic mass is 16.5. The fourth-order valence-electron chi connectivity index (χ4n) is 3.20. The van der Waals surface area contributed by atoms with E-state index in [2.05, 4.69) is 18.7 Å². The Labute approximate surface area is 127 Å². The van der Waals surface area contributed by atoms with Gasteiger partial charge in [-0.15, -0.1) is 0 Å². The average Bonchev–Trinajstić information content (AvgIpc) is 3.07. The third kappa shape index (κ3) is 3.01. The number of rotatable bonds is 6. The number of hydrogen-bond acceptors (Lipinski definition) is 4. The molecule has 0 spiro atoms. The molecule has 1 aromatic carbocycles. The average molecular weight is 293 g/mol. The van der Waals surface area contributed by atoms with Crippen molar-refractivity contribution in [3.05, 3.63) is 23.8 Å². The van der Waals surface area contributed by atoms with E-state index < -0.39 is 6.10 Å². The molecule has 2 rings (SSSR count). The quantitative estimate of drug-likeness (QED) is 0.875. The predicted molar refractivity (Wildman–Crippen MR) is 84.0 cm³/mol. The van der Waals surface area contributed by atoms with Crippen molar-refractivity contribution in [2.75, 3.05) is 27.3 Å². The zero-order valence-electron chi connectivity index (χ0n) is 13.6. The summed E-state index contributed by atoms with van der Waals surface area (Å²) in [4.78, 5) is 2.41. The lowest BCUT2D eigenvalue weighted by Gasteiger charge is -2.42. The first-order valence-corrected chi connectivity index (χ1v) is 7.72. The number of nitrogens with zero attached hydrogens (tertiary/aromatic N) is 1. The molecule has 0 amide bonds. The predicted octanol–water partition coefficient (Wildman–Crippen LogP) is 3.00. The van der Waals surface area contributed by atoms with Gasteiger partial charge in [-0.3, -0.25) is 4.90 Å². The maximum Gasteiger partial charge on any atom is 0.161 e. The van der Waals surface area contributed by atoms with Crippen molar-refractivity contribution in [2.24, 2.45) is 0 Å². The fraction of sp³-hybridized carbons (Fsp3) is 0.647. The number of ether oxygens (including phenoxy) is 2. The van der Waals surface area contributed by atoms with Crippen LogP contribution < -0.4 is 9.47 Å². The van der Waals surface area contributed by atoms with E-state index in [1.165, 1.54) is 12.8 Å². The van der Waals surface area contributed by atoms with Crippen LogP contribution in [0.25, 0.3) is 0 Å². The second kappa shape index (κ2) is 6.67. The van der Waals surface area contributed by atoms with Crippen molar-refractivity contribution < 1.29 is 14.6 Å². The first-order chi connectivity index (χ1) is 10.1. The maximum absolute atomic E-state index is 10.9. The van der Waals surface area contributed by atoms with Crippen molar-refractivity contribution in [1.82, 2.24) is 4.90 Å². The molecule has 4 heteroatoms. The Morgan fingerprint density at radius 3 is 2.33 bits per heavy atom. The van der Waals surface area contributed by atoms with Crippen LogP contribution in [0.1, 0.15) is 44.8 Å².